The van der Waals surface area contributed by atoms with E-state index >= 15 is 0 Å². The minimum absolute atomic E-state index is 0.258. The van der Waals surface area contributed by atoms with Crippen LogP contribution in [0.5, 0.6) is 0 Å². The molecule has 2 N–H and O–H groups in total. The number of aromatic nitrogens is 4. The molecular formula is C24H26N6O6. The zero-order chi connectivity index (χ0) is 25.4. The molecule has 188 valence electrons. The highest BCUT2D eigenvalue weighted by Crippen LogP contribution is 2.19. The summed E-state index contributed by atoms with van der Waals surface area (Å²) in [6, 6.07) is 14.1. The number of fused-ring (bicyclic) bond motifs is 2. The quantitative estimate of drug-likeness (QED) is 0.448. The predicted molar refractivity (Wildman–Crippen MR) is 131 cm³/mol. The number of hydrogen-bond acceptors (Lipinski definition) is 6. The third kappa shape index (κ3) is 4.21. The maximum Gasteiger partial charge on any atom is 0.411 e. The lowest BCUT2D eigenvalue weighted by molar-refractivity contribution is 0.00751. The van der Waals surface area contributed by atoms with E-state index in [0.29, 0.717) is 21.8 Å². The molecule has 4 aromatic rings. The van der Waals surface area contributed by atoms with Crippen LogP contribution in [-0.4, -0.2) is 67.7 Å². The van der Waals surface area contributed by atoms with Gasteiger partial charge < -0.3 is 19.3 Å². The summed E-state index contributed by atoms with van der Waals surface area (Å²) in [5.41, 5.74) is 0.765. The summed E-state index contributed by atoms with van der Waals surface area (Å²) in [5, 5.41) is 6.42. The molecule has 3 heterocycles. The monoisotopic (exact) mass is 494 g/mol. The molecule has 1 saturated heterocycles. The van der Waals surface area contributed by atoms with Crippen molar-refractivity contribution < 1.29 is 19.1 Å². The fourth-order valence-corrected chi connectivity index (χ4v) is 4.40. The third-order valence-corrected chi connectivity index (χ3v) is 6.33. The molecule has 1 fully saturated rings. The second kappa shape index (κ2) is 9.29. The molecule has 0 aliphatic carbocycles. The van der Waals surface area contributed by atoms with Crippen LogP contribution in [0, 0.1) is 0 Å². The second-order valence-corrected chi connectivity index (χ2v) is 8.60. The number of amides is 2. The van der Waals surface area contributed by atoms with Gasteiger partial charge in [0.05, 0.1) is 21.8 Å². The molecule has 2 aromatic heterocycles. The fourth-order valence-electron chi connectivity index (χ4n) is 4.40. The van der Waals surface area contributed by atoms with E-state index < -0.39 is 24.6 Å². The van der Waals surface area contributed by atoms with Gasteiger partial charge in [-0.15, -0.1) is 0 Å². The number of ether oxygens (including phenoxy) is 2. The largest absolute Gasteiger partial charge is 0.424 e. The minimum Gasteiger partial charge on any atom is -0.424 e. The van der Waals surface area contributed by atoms with E-state index in [1.54, 1.807) is 62.4 Å². The Morgan fingerprint density at radius 1 is 0.694 bits per heavy atom. The SMILES string of the molecule is C[C@@H](OC(=O)N1CCN(C(=O)O[C@H](C)n2[nH]c(=O)c3ccccc32)CC1)n1[nH]c(=O)c2ccccc21. The molecule has 0 spiro atoms. The van der Waals surface area contributed by atoms with Crippen molar-refractivity contribution in [2.45, 2.75) is 26.3 Å². The van der Waals surface area contributed by atoms with Gasteiger partial charge in [-0.3, -0.25) is 19.8 Å². The molecule has 0 unspecified atom stereocenters. The maximum atomic E-state index is 12.7. The number of rotatable bonds is 4. The molecule has 0 radical (unpaired) electrons. The predicted octanol–water partition coefficient (Wildman–Crippen LogP) is 2.60. The van der Waals surface area contributed by atoms with Gasteiger partial charge in [-0.2, -0.15) is 0 Å². The number of carbonyl (C=O) groups is 2. The molecule has 12 nitrogen and oxygen atoms in total. The number of para-hydroxylation sites is 2. The van der Waals surface area contributed by atoms with Crippen molar-refractivity contribution in [3.63, 3.8) is 0 Å². The van der Waals surface area contributed by atoms with Gasteiger partial charge in [0.15, 0.2) is 12.5 Å². The molecule has 5 rings (SSSR count). The topological polar surface area (TPSA) is 135 Å². The second-order valence-electron chi connectivity index (χ2n) is 8.60. The van der Waals surface area contributed by atoms with Crippen molar-refractivity contribution in [3.05, 3.63) is 69.2 Å². The van der Waals surface area contributed by atoms with Crippen molar-refractivity contribution in [1.29, 1.82) is 0 Å². The van der Waals surface area contributed by atoms with Crippen LogP contribution >= 0.6 is 0 Å². The Balaban J connectivity index is 1.17. The fraction of sp³-hybridized carbons (Fsp3) is 0.333. The Morgan fingerprint density at radius 3 is 1.44 bits per heavy atom. The summed E-state index contributed by atoms with van der Waals surface area (Å²) in [7, 11) is 0. The third-order valence-electron chi connectivity index (χ3n) is 6.33. The van der Waals surface area contributed by atoms with Gasteiger partial charge in [0.2, 0.25) is 0 Å². The van der Waals surface area contributed by atoms with Crippen LogP contribution < -0.4 is 11.1 Å². The lowest BCUT2D eigenvalue weighted by Crippen LogP contribution is -2.51. The number of H-pyrrole nitrogens is 2. The van der Waals surface area contributed by atoms with E-state index in [2.05, 4.69) is 10.2 Å². The Bertz CT molecular complexity index is 1420. The van der Waals surface area contributed by atoms with Crippen molar-refractivity contribution in [3.8, 4) is 0 Å². The minimum atomic E-state index is -0.729. The molecule has 2 aromatic carbocycles. The number of piperazine rings is 1. The number of carbonyl (C=O) groups excluding carboxylic acids is 2. The van der Waals surface area contributed by atoms with Crippen molar-refractivity contribution in [2.24, 2.45) is 0 Å². The number of nitrogens with one attached hydrogen (secondary N) is 2. The first-order valence-corrected chi connectivity index (χ1v) is 11.6. The molecule has 2 atom stereocenters. The van der Waals surface area contributed by atoms with E-state index in [0.717, 1.165) is 0 Å². The van der Waals surface area contributed by atoms with Gasteiger partial charge in [-0.1, -0.05) is 24.3 Å². The molecule has 0 saturated carbocycles. The van der Waals surface area contributed by atoms with Gasteiger partial charge in [0.25, 0.3) is 11.1 Å². The Morgan fingerprint density at radius 2 is 1.06 bits per heavy atom. The normalized spacial score (nSPS) is 15.7. The summed E-state index contributed by atoms with van der Waals surface area (Å²) in [5.74, 6) is 0. The zero-order valence-corrected chi connectivity index (χ0v) is 19.8. The number of aromatic amines is 2. The average Bonchev–Trinajstić information content (AvgIpc) is 3.41. The van der Waals surface area contributed by atoms with E-state index in [4.69, 9.17) is 9.47 Å². The first-order chi connectivity index (χ1) is 17.3. The summed E-state index contributed by atoms with van der Waals surface area (Å²) < 4.78 is 14.2. The van der Waals surface area contributed by atoms with E-state index in [1.165, 1.54) is 19.2 Å². The number of hydrogen-bond donors (Lipinski definition) is 2. The molecule has 2 amide bonds. The first kappa shape index (κ1) is 23.3. The zero-order valence-electron chi connectivity index (χ0n) is 19.8. The lowest BCUT2D eigenvalue weighted by Gasteiger charge is -2.34. The van der Waals surface area contributed by atoms with Crippen LogP contribution in [0.4, 0.5) is 9.59 Å². The van der Waals surface area contributed by atoms with Crippen LogP contribution in [-0.2, 0) is 9.47 Å². The van der Waals surface area contributed by atoms with E-state index in [1.807, 2.05) is 0 Å². The Hall–Kier alpha value is -4.48. The summed E-state index contributed by atoms with van der Waals surface area (Å²) in [4.78, 5) is 52.7. The van der Waals surface area contributed by atoms with Crippen molar-refractivity contribution in [2.75, 3.05) is 26.2 Å². The van der Waals surface area contributed by atoms with E-state index in [9.17, 15) is 19.2 Å². The standard InChI is InChI=1S/C24H26N6O6/c1-15(29-19-9-5-3-7-17(19)21(31)25-29)35-23(33)27-11-13-28(14-12-27)24(34)36-16(2)30-20-10-6-4-8-18(20)22(32)26-30/h3-10,15-16H,11-14H2,1-2H3,(H,25,31)(H,26,32)/t15-,16-/m1/s1. The van der Waals surface area contributed by atoms with Gasteiger partial charge in [0, 0.05) is 26.2 Å². The number of nitrogens with zero attached hydrogens (tertiary/aromatic N) is 4. The average molecular weight is 495 g/mol. The van der Waals surface area contributed by atoms with Gasteiger partial charge >= 0.3 is 12.2 Å². The van der Waals surface area contributed by atoms with Gasteiger partial charge in [0.1, 0.15) is 0 Å². The van der Waals surface area contributed by atoms with E-state index in [-0.39, 0.29) is 37.3 Å². The highest BCUT2D eigenvalue weighted by molar-refractivity contribution is 5.79. The Kier molecular flexibility index (Phi) is 6.00. The molecule has 1 aliphatic heterocycles. The summed E-state index contributed by atoms with van der Waals surface area (Å²) in [6.45, 7) is 4.40. The smallest absolute Gasteiger partial charge is 0.411 e. The summed E-state index contributed by atoms with van der Waals surface area (Å²) in [6.07, 6.45) is -2.54. The van der Waals surface area contributed by atoms with Crippen molar-refractivity contribution in [1.82, 2.24) is 29.4 Å². The van der Waals surface area contributed by atoms with Gasteiger partial charge in [-0.25, -0.2) is 19.0 Å². The highest BCUT2D eigenvalue weighted by atomic mass is 16.6. The summed E-state index contributed by atoms with van der Waals surface area (Å²) >= 11 is 0. The van der Waals surface area contributed by atoms with Crippen molar-refractivity contribution >= 4 is 34.0 Å². The molecule has 12 heteroatoms. The van der Waals surface area contributed by atoms with Crippen LogP contribution in [0.3, 0.4) is 0 Å². The molecule has 0 bridgehead atoms. The number of benzene rings is 2. The van der Waals surface area contributed by atoms with Crippen LogP contribution in [0.15, 0.2) is 58.1 Å². The highest BCUT2D eigenvalue weighted by Gasteiger charge is 2.28. The Labute approximate surface area is 204 Å². The first-order valence-electron chi connectivity index (χ1n) is 11.6. The van der Waals surface area contributed by atoms with Crippen LogP contribution in [0.2, 0.25) is 0 Å². The molecular weight excluding hydrogens is 468 g/mol. The van der Waals surface area contributed by atoms with Crippen LogP contribution in [0.1, 0.15) is 26.3 Å². The lowest BCUT2D eigenvalue weighted by atomic mass is 10.2. The van der Waals surface area contributed by atoms with Crippen LogP contribution in [0.25, 0.3) is 21.8 Å². The molecule has 36 heavy (non-hydrogen) atoms. The maximum absolute atomic E-state index is 12.7. The van der Waals surface area contributed by atoms with Gasteiger partial charge in [-0.05, 0) is 38.1 Å². The molecule has 1 aliphatic rings.